The Morgan fingerprint density at radius 1 is 1.58 bits per heavy atom. The summed E-state index contributed by atoms with van der Waals surface area (Å²) in [5.41, 5.74) is 4.03. The Hall–Kier alpha value is -0.620. The van der Waals surface area contributed by atoms with Crippen LogP contribution >= 0.6 is 15.9 Å². The molecular weight excluding hydrogens is 308 g/mol. The van der Waals surface area contributed by atoms with Gasteiger partial charge in [-0.3, -0.25) is 11.3 Å². The van der Waals surface area contributed by atoms with E-state index in [-0.39, 0.29) is 12.1 Å². The maximum absolute atomic E-state index is 5.80. The van der Waals surface area contributed by atoms with Crippen LogP contribution in [0.4, 0.5) is 0 Å². The first kappa shape index (κ1) is 14.8. The van der Waals surface area contributed by atoms with Crippen LogP contribution in [0.25, 0.3) is 0 Å². The van der Waals surface area contributed by atoms with E-state index in [4.69, 9.17) is 15.3 Å². The molecular formula is C14H21BrN2O2. The highest BCUT2D eigenvalue weighted by Gasteiger charge is 2.32. The fraction of sp³-hybridized carbons (Fsp3) is 0.571. The Kier molecular flexibility index (Phi) is 5.21. The van der Waals surface area contributed by atoms with Gasteiger partial charge in [-0.25, -0.2) is 0 Å². The predicted molar refractivity (Wildman–Crippen MR) is 79.0 cm³/mol. The lowest BCUT2D eigenvalue weighted by Crippen LogP contribution is -2.47. The van der Waals surface area contributed by atoms with Crippen molar-refractivity contribution in [2.75, 3.05) is 13.7 Å². The first-order chi connectivity index (χ1) is 9.15. The summed E-state index contributed by atoms with van der Waals surface area (Å²) in [4.78, 5) is 0. The molecule has 19 heavy (non-hydrogen) atoms. The van der Waals surface area contributed by atoms with Crippen molar-refractivity contribution in [1.82, 2.24) is 5.43 Å². The van der Waals surface area contributed by atoms with E-state index >= 15 is 0 Å². The van der Waals surface area contributed by atoms with Crippen LogP contribution in [0.3, 0.4) is 0 Å². The normalized spacial score (nSPS) is 24.4. The number of rotatable bonds is 5. The minimum absolute atomic E-state index is 0.0979. The molecule has 0 aliphatic carbocycles. The van der Waals surface area contributed by atoms with Gasteiger partial charge in [-0.15, -0.1) is 0 Å². The van der Waals surface area contributed by atoms with Crippen molar-refractivity contribution in [1.29, 1.82) is 0 Å². The number of hydrazine groups is 1. The fourth-order valence-electron chi connectivity index (χ4n) is 2.64. The molecule has 3 N–H and O–H groups in total. The van der Waals surface area contributed by atoms with E-state index in [9.17, 15) is 0 Å². The van der Waals surface area contributed by atoms with E-state index in [0.717, 1.165) is 35.2 Å². The zero-order valence-electron chi connectivity index (χ0n) is 11.4. The summed E-state index contributed by atoms with van der Waals surface area (Å²) in [6.45, 7) is 3.03. The van der Waals surface area contributed by atoms with Crippen LogP contribution in [0, 0.1) is 5.92 Å². The summed E-state index contributed by atoms with van der Waals surface area (Å²) in [5, 5.41) is 0. The largest absolute Gasteiger partial charge is 0.496 e. The smallest absolute Gasteiger partial charge is 0.122 e. The molecule has 0 spiro atoms. The molecule has 1 aromatic carbocycles. The van der Waals surface area contributed by atoms with Crippen LogP contribution in [-0.2, 0) is 11.2 Å². The molecule has 5 heteroatoms. The van der Waals surface area contributed by atoms with Crippen molar-refractivity contribution >= 4 is 15.9 Å². The molecule has 0 bridgehead atoms. The van der Waals surface area contributed by atoms with Gasteiger partial charge in [0.1, 0.15) is 5.75 Å². The quantitative estimate of drug-likeness (QED) is 0.643. The lowest BCUT2D eigenvalue weighted by Gasteiger charge is -2.26. The summed E-state index contributed by atoms with van der Waals surface area (Å²) in [6.07, 6.45) is 2.04. The highest BCUT2D eigenvalue weighted by molar-refractivity contribution is 9.10. The zero-order valence-corrected chi connectivity index (χ0v) is 12.9. The molecule has 1 fully saturated rings. The van der Waals surface area contributed by atoms with Crippen molar-refractivity contribution in [2.45, 2.75) is 31.9 Å². The molecule has 1 heterocycles. The molecule has 3 unspecified atom stereocenters. The Morgan fingerprint density at radius 3 is 2.95 bits per heavy atom. The third-order valence-electron chi connectivity index (χ3n) is 3.74. The number of hydrogen-bond acceptors (Lipinski definition) is 4. The van der Waals surface area contributed by atoms with E-state index in [0.29, 0.717) is 5.92 Å². The first-order valence-electron chi connectivity index (χ1n) is 6.56. The van der Waals surface area contributed by atoms with E-state index in [1.807, 2.05) is 12.1 Å². The first-order valence-corrected chi connectivity index (χ1v) is 7.35. The molecule has 1 aromatic rings. The zero-order chi connectivity index (χ0) is 13.8. The number of methoxy groups -OCH3 is 1. The van der Waals surface area contributed by atoms with Gasteiger partial charge in [0.25, 0.3) is 0 Å². The van der Waals surface area contributed by atoms with Crippen LogP contribution in [-0.4, -0.2) is 25.9 Å². The summed E-state index contributed by atoms with van der Waals surface area (Å²) in [7, 11) is 1.69. The maximum atomic E-state index is 5.80. The lowest BCUT2D eigenvalue weighted by molar-refractivity contribution is 0.0608. The molecule has 3 atom stereocenters. The molecule has 1 saturated heterocycles. The number of benzene rings is 1. The average molecular weight is 329 g/mol. The van der Waals surface area contributed by atoms with Crippen LogP contribution < -0.4 is 16.0 Å². The summed E-state index contributed by atoms with van der Waals surface area (Å²) in [5.74, 6) is 7.12. The number of ether oxygens (including phenoxy) is 2. The number of halogens is 1. The summed E-state index contributed by atoms with van der Waals surface area (Å²) >= 11 is 3.49. The Labute approximate surface area is 122 Å². The third kappa shape index (κ3) is 3.48. The monoisotopic (exact) mass is 328 g/mol. The maximum Gasteiger partial charge on any atom is 0.122 e. The predicted octanol–water partition coefficient (Wildman–Crippen LogP) is 2.26. The molecule has 106 valence electrons. The topological polar surface area (TPSA) is 56.5 Å². The molecule has 1 aliphatic heterocycles. The molecule has 4 nitrogen and oxygen atoms in total. The van der Waals surface area contributed by atoms with Gasteiger partial charge in [-0.1, -0.05) is 22.9 Å². The van der Waals surface area contributed by atoms with Gasteiger partial charge in [0.15, 0.2) is 0 Å². The molecule has 2 rings (SSSR count). The van der Waals surface area contributed by atoms with Crippen LogP contribution in [0.5, 0.6) is 5.75 Å². The number of hydrogen-bond donors (Lipinski definition) is 2. The van der Waals surface area contributed by atoms with Crippen molar-refractivity contribution in [2.24, 2.45) is 11.8 Å². The molecule has 0 aromatic heterocycles. The van der Waals surface area contributed by atoms with Crippen LogP contribution in [0.1, 0.15) is 18.9 Å². The minimum atomic E-state index is 0.0979. The average Bonchev–Trinajstić information content (AvgIpc) is 2.82. The van der Waals surface area contributed by atoms with Crippen LogP contribution in [0.15, 0.2) is 22.7 Å². The van der Waals surface area contributed by atoms with Gasteiger partial charge in [0.2, 0.25) is 0 Å². The number of nitrogens with one attached hydrogen (secondary N) is 1. The van der Waals surface area contributed by atoms with E-state index < -0.39 is 0 Å². The van der Waals surface area contributed by atoms with Gasteiger partial charge in [0.05, 0.1) is 19.3 Å². The van der Waals surface area contributed by atoms with Gasteiger partial charge >= 0.3 is 0 Å². The van der Waals surface area contributed by atoms with Crippen molar-refractivity contribution < 1.29 is 9.47 Å². The second kappa shape index (κ2) is 6.70. The van der Waals surface area contributed by atoms with Crippen molar-refractivity contribution in [3.05, 3.63) is 28.2 Å². The van der Waals surface area contributed by atoms with Gasteiger partial charge in [0, 0.05) is 11.1 Å². The second-order valence-electron chi connectivity index (χ2n) is 5.03. The van der Waals surface area contributed by atoms with Crippen LogP contribution in [0.2, 0.25) is 0 Å². The summed E-state index contributed by atoms with van der Waals surface area (Å²) in [6, 6.07) is 6.11. The molecule has 1 aliphatic rings. The minimum Gasteiger partial charge on any atom is -0.496 e. The SMILES string of the molecule is COc1ccc(Br)cc1CC(NN)C1OCCC1C. The number of nitrogens with two attached hydrogens (primary N) is 1. The second-order valence-corrected chi connectivity index (χ2v) is 5.95. The Balaban J connectivity index is 2.15. The molecule has 0 radical (unpaired) electrons. The molecule has 0 saturated carbocycles. The Morgan fingerprint density at radius 2 is 2.37 bits per heavy atom. The van der Waals surface area contributed by atoms with Gasteiger partial charge in [-0.2, -0.15) is 0 Å². The Bertz CT molecular complexity index is 428. The highest BCUT2D eigenvalue weighted by atomic mass is 79.9. The highest BCUT2D eigenvalue weighted by Crippen LogP contribution is 2.28. The van der Waals surface area contributed by atoms with E-state index in [2.05, 4.69) is 34.3 Å². The standard InChI is InChI=1S/C14H21BrN2O2/c1-9-5-6-19-14(9)12(17-16)8-10-7-11(15)3-4-13(10)18-2/h3-4,7,9,12,14,17H,5-6,8,16H2,1-2H3. The van der Waals surface area contributed by atoms with E-state index in [1.54, 1.807) is 7.11 Å². The van der Waals surface area contributed by atoms with Gasteiger partial charge in [-0.05, 0) is 42.5 Å². The van der Waals surface area contributed by atoms with Crippen molar-refractivity contribution in [3.8, 4) is 5.75 Å². The summed E-state index contributed by atoms with van der Waals surface area (Å²) < 4.78 is 12.2. The van der Waals surface area contributed by atoms with E-state index in [1.165, 1.54) is 0 Å². The van der Waals surface area contributed by atoms with Crippen molar-refractivity contribution in [3.63, 3.8) is 0 Å². The fourth-order valence-corrected chi connectivity index (χ4v) is 3.05. The van der Waals surface area contributed by atoms with Gasteiger partial charge < -0.3 is 9.47 Å². The lowest BCUT2D eigenvalue weighted by atomic mass is 9.93. The third-order valence-corrected chi connectivity index (χ3v) is 4.23. The molecule has 0 amide bonds.